The molecule has 0 aliphatic heterocycles. The Morgan fingerprint density at radius 1 is 1.05 bits per heavy atom. The smallest absolute Gasteiger partial charge is 0.00216 e. The Morgan fingerprint density at radius 3 is 2.57 bits per heavy atom. The molecule has 0 heterocycles. The van der Waals surface area contributed by atoms with Gasteiger partial charge in [0, 0.05) is 5.92 Å². The van der Waals surface area contributed by atoms with Crippen molar-refractivity contribution in [2.45, 2.75) is 45.4 Å². The summed E-state index contributed by atoms with van der Waals surface area (Å²) in [6.07, 6.45) is 17.2. The molecule has 0 saturated carbocycles. The molecular weight excluding hydrogens is 252 g/mol. The third-order valence-electron chi connectivity index (χ3n) is 4.40. The molecule has 1 aliphatic rings. The van der Waals surface area contributed by atoms with Crippen molar-refractivity contribution in [3.8, 4) is 0 Å². The van der Waals surface area contributed by atoms with Crippen LogP contribution in [0.4, 0.5) is 0 Å². The van der Waals surface area contributed by atoms with Gasteiger partial charge >= 0.3 is 0 Å². The quantitative estimate of drug-likeness (QED) is 0.482. The summed E-state index contributed by atoms with van der Waals surface area (Å²) in [5.41, 5.74) is 2.60. The van der Waals surface area contributed by atoms with Gasteiger partial charge in [-0.2, -0.15) is 0 Å². The monoisotopic (exact) mass is 280 g/mol. The molecule has 0 saturated heterocycles. The summed E-state index contributed by atoms with van der Waals surface area (Å²) in [5, 5.41) is 0. The molecule has 0 heteroatoms. The molecule has 1 aromatic carbocycles. The van der Waals surface area contributed by atoms with E-state index in [0.29, 0.717) is 11.8 Å². The van der Waals surface area contributed by atoms with Crippen molar-refractivity contribution < 1.29 is 0 Å². The first-order valence-electron chi connectivity index (χ1n) is 8.41. The zero-order chi connectivity index (χ0) is 14.9. The number of allylic oxidation sites excluding steroid dienone is 4. The van der Waals surface area contributed by atoms with Crippen molar-refractivity contribution in [1.82, 2.24) is 0 Å². The molecule has 0 fully saturated rings. The van der Waals surface area contributed by atoms with Crippen LogP contribution >= 0.6 is 0 Å². The SMILES string of the molecule is C=C1C=C[C@@H](/C=C/c2ccccc2)[C@@H]1CCCCCCC. The van der Waals surface area contributed by atoms with E-state index < -0.39 is 0 Å². The molecule has 0 amide bonds. The first-order valence-corrected chi connectivity index (χ1v) is 8.41. The van der Waals surface area contributed by atoms with E-state index in [-0.39, 0.29) is 0 Å². The summed E-state index contributed by atoms with van der Waals surface area (Å²) >= 11 is 0. The molecule has 1 aliphatic carbocycles. The number of rotatable bonds is 8. The van der Waals surface area contributed by atoms with Gasteiger partial charge in [-0.3, -0.25) is 0 Å². The second-order valence-electron chi connectivity index (χ2n) is 6.09. The van der Waals surface area contributed by atoms with Crippen LogP contribution in [0.3, 0.4) is 0 Å². The summed E-state index contributed by atoms with van der Waals surface area (Å²) in [7, 11) is 0. The maximum absolute atomic E-state index is 4.24. The highest BCUT2D eigenvalue weighted by molar-refractivity contribution is 5.50. The van der Waals surface area contributed by atoms with Gasteiger partial charge in [-0.15, -0.1) is 0 Å². The van der Waals surface area contributed by atoms with Gasteiger partial charge in [-0.05, 0) is 17.9 Å². The zero-order valence-corrected chi connectivity index (χ0v) is 13.3. The van der Waals surface area contributed by atoms with Crippen molar-refractivity contribution in [3.63, 3.8) is 0 Å². The molecule has 0 aromatic heterocycles. The normalized spacial score (nSPS) is 21.5. The van der Waals surface area contributed by atoms with Crippen LogP contribution in [0.2, 0.25) is 0 Å². The molecule has 0 unspecified atom stereocenters. The Bertz CT molecular complexity index is 478. The van der Waals surface area contributed by atoms with Crippen molar-refractivity contribution in [2.24, 2.45) is 11.8 Å². The Balaban J connectivity index is 1.85. The molecule has 0 spiro atoms. The second kappa shape index (κ2) is 8.67. The predicted molar refractivity (Wildman–Crippen MR) is 94.1 cm³/mol. The van der Waals surface area contributed by atoms with E-state index in [9.17, 15) is 0 Å². The fraction of sp³-hybridized carbons (Fsp3) is 0.429. The molecule has 0 bridgehead atoms. The van der Waals surface area contributed by atoms with Crippen molar-refractivity contribution in [2.75, 3.05) is 0 Å². The van der Waals surface area contributed by atoms with Crippen molar-refractivity contribution in [3.05, 3.63) is 66.3 Å². The highest BCUT2D eigenvalue weighted by Gasteiger charge is 2.22. The van der Waals surface area contributed by atoms with E-state index >= 15 is 0 Å². The molecule has 21 heavy (non-hydrogen) atoms. The summed E-state index contributed by atoms with van der Waals surface area (Å²) in [4.78, 5) is 0. The topological polar surface area (TPSA) is 0 Å². The third kappa shape index (κ3) is 5.04. The van der Waals surface area contributed by atoms with E-state index in [4.69, 9.17) is 0 Å². The first-order chi connectivity index (χ1) is 10.3. The van der Waals surface area contributed by atoms with Crippen LogP contribution in [0.15, 0.2) is 60.7 Å². The van der Waals surface area contributed by atoms with Gasteiger partial charge < -0.3 is 0 Å². The summed E-state index contributed by atoms with van der Waals surface area (Å²) < 4.78 is 0. The van der Waals surface area contributed by atoms with E-state index in [1.807, 2.05) is 0 Å². The highest BCUT2D eigenvalue weighted by Crippen LogP contribution is 2.34. The molecule has 0 radical (unpaired) electrons. The van der Waals surface area contributed by atoms with Gasteiger partial charge in [0.1, 0.15) is 0 Å². The maximum Gasteiger partial charge on any atom is 0.00216 e. The van der Waals surface area contributed by atoms with E-state index in [2.05, 4.69) is 68.1 Å². The Kier molecular flexibility index (Phi) is 6.53. The van der Waals surface area contributed by atoms with Crippen LogP contribution < -0.4 is 0 Å². The number of unbranched alkanes of at least 4 members (excludes halogenated alkanes) is 4. The maximum atomic E-state index is 4.24. The van der Waals surface area contributed by atoms with Gasteiger partial charge in [-0.25, -0.2) is 0 Å². The molecule has 2 atom stereocenters. The van der Waals surface area contributed by atoms with Gasteiger partial charge in [0.15, 0.2) is 0 Å². The average molecular weight is 280 g/mol. The van der Waals surface area contributed by atoms with Crippen LogP contribution in [-0.4, -0.2) is 0 Å². The van der Waals surface area contributed by atoms with Gasteiger partial charge in [0.2, 0.25) is 0 Å². The molecule has 1 aromatic rings. The third-order valence-corrected chi connectivity index (χ3v) is 4.40. The van der Waals surface area contributed by atoms with Gasteiger partial charge in [0.25, 0.3) is 0 Å². The van der Waals surface area contributed by atoms with Crippen LogP contribution in [0.5, 0.6) is 0 Å². The minimum Gasteiger partial charge on any atom is -0.0955 e. The standard InChI is InChI=1S/C21H28/c1-3-4-5-6-10-13-21-18(2)14-16-20(21)17-15-19-11-8-7-9-12-19/h7-9,11-12,14-17,20-21H,2-6,10,13H2,1H3/b17-15+/t20-,21+/m0/s1. The Labute approximate surface area is 130 Å². The fourth-order valence-corrected chi connectivity index (χ4v) is 3.07. The molecule has 0 nitrogen and oxygen atoms in total. The van der Waals surface area contributed by atoms with Crippen molar-refractivity contribution in [1.29, 1.82) is 0 Å². The number of hydrogen-bond donors (Lipinski definition) is 0. The van der Waals surface area contributed by atoms with Gasteiger partial charge in [0.05, 0.1) is 0 Å². The molecule has 112 valence electrons. The largest absolute Gasteiger partial charge is 0.0955 e. The summed E-state index contributed by atoms with van der Waals surface area (Å²) in [6, 6.07) is 10.6. The minimum atomic E-state index is 0.531. The van der Waals surface area contributed by atoms with Crippen LogP contribution in [0.1, 0.15) is 51.0 Å². The summed E-state index contributed by atoms with van der Waals surface area (Å²) in [6.45, 7) is 6.51. The van der Waals surface area contributed by atoms with E-state index in [1.54, 1.807) is 0 Å². The van der Waals surface area contributed by atoms with Crippen LogP contribution in [0.25, 0.3) is 6.08 Å². The minimum absolute atomic E-state index is 0.531. The fourth-order valence-electron chi connectivity index (χ4n) is 3.07. The Morgan fingerprint density at radius 2 is 1.81 bits per heavy atom. The molecule has 0 N–H and O–H groups in total. The van der Waals surface area contributed by atoms with E-state index in [1.165, 1.54) is 49.7 Å². The lowest BCUT2D eigenvalue weighted by Crippen LogP contribution is -2.07. The molecular formula is C21H28. The number of hydrogen-bond acceptors (Lipinski definition) is 0. The highest BCUT2D eigenvalue weighted by atomic mass is 14.3. The number of benzene rings is 1. The lowest BCUT2D eigenvalue weighted by atomic mass is 9.87. The lowest BCUT2D eigenvalue weighted by Gasteiger charge is -2.17. The Hall–Kier alpha value is -1.56. The van der Waals surface area contributed by atoms with Crippen LogP contribution in [-0.2, 0) is 0 Å². The lowest BCUT2D eigenvalue weighted by molar-refractivity contribution is 0.476. The molecule has 2 rings (SSSR count). The second-order valence-corrected chi connectivity index (χ2v) is 6.09. The van der Waals surface area contributed by atoms with E-state index in [0.717, 1.165) is 0 Å². The first kappa shape index (κ1) is 15.8. The predicted octanol–water partition coefficient (Wildman–Crippen LogP) is 6.42. The van der Waals surface area contributed by atoms with Gasteiger partial charge in [-0.1, -0.05) is 106 Å². The van der Waals surface area contributed by atoms with Crippen molar-refractivity contribution >= 4 is 6.08 Å². The average Bonchev–Trinajstić information content (AvgIpc) is 2.87. The summed E-state index contributed by atoms with van der Waals surface area (Å²) in [5.74, 6) is 1.15. The zero-order valence-electron chi connectivity index (χ0n) is 13.3. The van der Waals surface area contributed by atoms with Crippen LogP contribution in [0, 0.1) is 11.8 Å².